The molecular formula is C9H13N2O4P. The lowest BCUT2D eigenvalue weighted by molar-refractivity contribution is 0.230. The Morgan fingerprint density at radius 3 is 2.50 bits per heavy atom. The fourth-order valence-electron chi connectivity index (χ4n) is 1.00. The first-order valence-electron chi connectivity index (χ1n) is 4.45. The molecule has 0 fully saturated rings. The number of amides is 2. The summed E-state index contributed by atoms with van der Waals surface area (Å²) < 4.78 is 11.0. The number of rotatable bonds is 2. The number of nitrogens with one attached hydrogen (secondary N) is 1. The Bertz CT molecular complexity index is 441. The SMILES string of the molecule is CN(C)C(=O)Nc1cccc(P(=O)(O)O)c1. The topological polar surface area (TPSA) is 89.9 Å². The van der Waals surface area contributed by atoms with Crippen LogP contribution in [-0.2, 0) is 4.57 Å². The van der Waals surface area contributed by atoms with Crippen molar-refractivity contribution in [1.29, 1.82) is 0 Å². The van der Waals surface area contributed by atoms with E-state index in [2.05, 4.69) is 5.32 Å². The second-order valence-corrected chi connectivity index (χ2v) is 5.02. The van der Waals surface area contributed by atoms with Gasteiger partial charge in [-0.2, -0.15) is 0 Å². The van der Waals surface area contributed by atoms with E-state index in [-0.39, 0.29) is 11.3 Å². The lowest BCUT2D eigenvalue weighted by atomic mass is 10.3. The average molecular weight is 244 g/mol. The van der Waals surface area contributed by atoms with Gasteiger partial charge in [-0.25, -0.2) is 4.79 Å². The Balaban J connectivity index is 2.92. The maximum atomic E-state index is 11.3. The molecule has 6 nitrogen and oxygen atoms in total. The summed E-state index contributed by atoms with van der Waals surface area (Å²) in [6.07, 6.45) is 0. The predicted octanol–water partition coefficient (Wildman–Crippen LogP) is 0.583. The van der Waals surface area contributed by atoms with Gasteiger partial charge in [-0.3, -0.25) is 4.57 Å². The summed E-state index contributed by atoms with van der Waals surface area (Å²) in [6, 6.07) is 5.23. The van der Waals surface area contributed by atoms with Crippen molar-refractivity contribution < 1.29 is 19.1 Å². The fraction of sp³-hybridized carbons (Fsp3) is 0.222. The first-order chi connectivity index (χ1) is 7.30. The number of benzene rings is 1. The highest BCUT2D eigenvalue weighted by atomic mass is 31.2. The molecule has 16 heavy (non-hydrogen) atoms. The second-order valence-electron chi connectivity index (χ2n) is 3.42. The summed E-state index contributed by atoms with van der Waals surface area (Å²) in [5.74, 6) is 0. The summed E-state index contributed by atoms with van der Waals surface area (Å²) in [6.45, 7) is 0. The number of nitrogens with zero attached hydrogens (tertiary/aromatic N) is 1. The van der Waals surface area contributed by atoms with E-state index in [1.165, 1.54) is 23.1 Å². The second kappa shape index (κ2) is 4.65. The third kappa shape index (κ3) is 3.34. The van der Waals surface area contributed by atoms with Crippen LogP contribution in [0.25, 0.3) is 0 Å². The quantitative estimate of drug-likeness (QED) is 0.664. The fourth-order valence-corrected chi connectivity index (χ4v) is 1.59. The van der Waals surface area contributed by atoms with Crippen molar-refractivity contribution in [3.63, 3.8) is 0 Å². The number of carbonyl (C=O) groups is 1. The van der Waals surface area contributed by atoms with Crippen LogP contribution < -0.4 is 10.6 Å². The predicted molar refractivity (Wildman–Crippen MR) is 60.8 cm³/mol. The van der Waals surface area contributed by atoms with Crippen LogP contribution in [0.15, 0.2) is 24.3 Å². The molecule has 0 aromatic heterocycles. The molecule has 0 radical (unpaired) electrons. The molecule has 0 saturated carbocycles. The zero-order valence-electron chi connectivity index (χ0n) is 8.91. The van der Waals surface area contributed by atoms with E-state index in [1.807, 2.05) is 0 Å². The number of carbonyl (C=O) groups excluding carboxylic acids is 1. The largest absolute Gasteiger partial charge is 0.356 e. The molecule has 0 heterocycles. The molecular weight excluding hydrogens is 231 g/mol. The van der Waals surface area contributed by atoms with E-state index in [1.54, 1.807) is 20.2 Å². The number of anilines is 1. The van der Waals surface area contributed by atoms with E-state index >= 15 is 0 Å². The Morgan fingerprint density at radius 1 is 1.38 bits per heavy atom. The molecule has 2 amide bonds. The van der Waals surface area contributed by atoms with E-state index in [0.717, 1.165) is 0 Å². The standard InChI is InChI=1S/C9H13N2O4P/c1-11(2)9(12)10-7-4-3-5-8(6-7)16(13,14)15/h3-6H,1-2H3,(H,10,12)(H2,13,14,15). The summed E-state index contributed by atoms with van der Waals surface area (Å²) in [7, 11) is -1.13. The lowest BCUT2D eigenvalue weighted by Gasteiger charge is -2.12. The van der Waals surface area contributed by atoms with Crippen molar-refractivity contribution in [2.24, 2.45) is 0 Å². The third-order valence-electron chi connectivity index (χ3n) is 1.84. The first-order valence-corrected chi connectivity index (χ1v) is 6.06. The van der Waals surface area contributed by atoms with Crippen LogP contribution in [0.2, 0.25) is 0 Å². The Labute approximate surface area is 93.0 Å². The first kappa shape index (κ1) is 12.7. The highest BCUT2D eigenvalue weighted by Gasteiger charge is 2.17. The van der Waals surface area contributed by atoms with Crippen LogP contribution >= 0.6 is 7.60 Å². The molecule has 0 unspecified atom stereocenters. The minimum Gasteiger partial charge on any atom is -0.331 e. The Hall–Kier alpha value is -1.36. The Morgan fingerprint density at radius 2 is 2.00 bits per heavy atom. The van der Waals surface area contributed by atoms with Crippen LogP contribution in [0, 0.1) is 0 Å². The molecule has 0 aliphatic heterocycles. The van der Waals surface area contributed by atoms with E-state index < -0.39 is 7.60 Å². The van der Waals surface area contributed by atoms with Crippen molar-refractivity contribution in [2.75, 3.05) is 19.4 Å². The van der Waals surface area contributed by atoms with E-state index in [0.29, 0.717) is 5.69 Å². The van der Waals surface area contributed by atoms with Gasteiger partial charge in [-0.1, -0.05) is 6.07 Å². The minimum atomic E-state index is -4.28. The smallest absolute Gasteiger partial charge is 0.331 e. The molecule has 1 aromatic carbocycles. The van der Waals surface area contributed by atoms with Gasteiger partial charge in [0, 0.05) is 19.8 Å². The highest BCUT2D eigenvalue weighted by Crippen LogP contribution is 2.33. The molecule has 7 heteroatoms. The molecule has 0 spiro atoms. The van der Waals surface area contributed by atoms with Crippen LogP contribution in [0.3, 0.4) is 0 Å². The molecule has 88 valence electrons. The molecule has 0 bridgehead atoms. The van der Waals surface area contributed by atoms with Gasteiger partial charge in [0.15, 0.2) is 0 Å². The van der Waals surface area contributed by atoms with Crippen molar-refractivity contribution in [3.05, 3.63) is 24.3 Å². The van der Waals surface area contributed by atoms with Gasteiger partial charge in [-0.15, -0.1) is 0 Å². The maximum Gasteiger partial charge on any atom is 0.356 e. The van der Waals surface area contributed by atoms with Gasteiger partial charge in [0.2, 0.25) is 0 Å². The lowest BCUT2D eigenvalue weighted by Crippen LogP contribution is -2.27. The van der Waals surface area contributed by atoms with Gasteiger partial charge in [0.1, 0.15) is 0 Å². The van der Waals surface area contributed by atoms with Crippen molar-refractivity contribution in [2.45, 2.75) is 0 Å². The van der Waals surface area contributed by atoms with Crippen LogP contribution in [0.4, 0.5) is 10.5 Å². The van der Waals surface area contributed by atoms with Crippen LogP contribution in [-0.4, -0.2) is 34.8 Å². The van der Waals surface area contributed by atoms with Gasteiger partial charge >= 0.3 is 13.6 Å². The van der Waals surface area contributed by atoms with Gasteiger partial charge < -0.3 is 20.0 Å². The number of hydrogen-bond donors (Lipinski definition) is 3. The normalized spacial score (nSPS) is 11.0. The third-order valence-corrected chi connectivity index (χ3v) is 2.79. The molecule has 0 atom stereocenters. The zero-order valence-corrected chi connectivity index (χ0v) is 9.81. The van der Waals surface area contributed by atoms with Gasteiger partial charge in [0.25, 0.3) is 0 Å². The van der Waals surface area contributed by atoms with Crippen molar-refractivity contribution in [1.82, 2.24) is 4.90 Å². The molecule has 0 aliphatic carbocycles. The van der Waals surface area contributed by atoms with Crippen LogP contribution in [0.1, 0.15) is 0 Å². The molecule has 0 saturated heterocycles. The summed E-state index contributed by atoms with van der Waals surface area (Å²) >= 11 is 0. The summed E-state index contributed by atoms with van der Waals surface area (Å²) in [5, 5.41) is 2.38. The van der Waals surface area contributed by atoms with E-state index in [9.17, 15) is 9.36 Å². The highest BCUT2D eigenvalue weighted by molar-refractivity contribution is 7.60. The van der Waals surface area contributed by atoms with E-state index in [4.69, 9.17) is 9.79 Å². The minimum absolute atomic E-state index is 0.121. The molecule has 3 N–H and O–H groups in total. The van der Waals surface area contributed by atoms with Crippen LogP contribution in [0.5, 0.6) is 0 Å². The van der Waals surface area contributed by atoms with Gasteiger partial charge in [-0.05, 0) is 18.2 Å². The summed E-state index contributed by atoms with van der Waals surface area (Å²) in [5.41, 5.74) is 0.347. The molecule has 1 aromatic rings. The number of hydrogen-bond acceptors (Lipinski definition) is 2. The average Bonchev–Trinajstić information content (AvgIpc) is 2.16. The Kier molecular flexibility index (Phi) is 3.70. The maximum absolute atomic E-state index is 11.3. The summed E-state index contributed by atoms with van der Waals surface area (Å²) in [4.78, 5) is 30.5. The zero-order chi connectivity index (χ0) is 12.3. The molecule has 0 aliphatic rings. The van der Waals surface area contributed by atoms with Crippen molar-refractivity contribution in [3.8, 4) is 0 Å². The number of urea groups is 1. The monoisotopic (exact) mass is 244 g/mol. The van der Waals surface area contributed by atoms with Crippen molar-refractivity contribution >= 4 is 24.6 Å². The van der Waals surface area contributed by atoms with Gasteiger partial charge in [0.05, 0.1) is 5.30 Å². The molecule has 1 rings (SSSR count).